The van der Waals surface area contributed by atoms with Crippen LogP contribution in [-0.2, 0) is 0 Å². The minimum atomic E-state index is -0.255. The van der Waals surface area contributed by atoms with Crippen molar-refractivity contribution in [2.24, 2.45) is 0 Å². The molecule has 0 aliphatic rings. The maximum absolute atomic E-state index is 12.1. The van der Waals surface area contributed by atoms with E-state index in [-0.39, 0.29) is 22.2 Å². The summed E-state index contributed by atoms with van der Waals surface area (Å²) in [5, 5.41) is 10.6. The van der Waals surface area contributed by atoms with E-state index in [4.69, 9.17) is 16.3 Å². The smallest absolute Gasteiger partial charge is 0.259 e. The number of para-hydroxylation sites is 1. The molecule has 5 nitrogen and oxygen atoms in total. The molecule has 3 aromatic rings. The number of hydrogen-bond donors (Lipinski definition) is 2. The lowest BCUT2D eigenvalue weighted by Crippen LogP contribution is -2.10. The number of aromatic hydroxyl groups is 1. The molecule has 0 aliphatic heterocycles. The largest absolute Gasteiger partial charge is 0.504 e. The first-order chi connectivity index (χ1) is 11.1. The zero-order valence-electron chi connectivity index (χ0n) is 12.2. The average Bonchev–Trinajstić information content (AvgIpc) is 2.55. The molecule has 3 rings (SSSR count). The standard InChI is InChI=1S/C17H13ClN2O3/c1-23-15-7-6-10(9-14(15)21)8-12(18)16-19-13-5-3-2-4-11(13)17(22)20-16/h2-9,21H,1H3,(H,19,20,22). The van der Waals surface area contributed by atoms with Gasteiger partial charge in [-0.3, -0.25) is 4.79 Å². The highest BCUT2D eigenvalue weighted by atomic mass is 35.5. The van der Waals surface area contributed by atoms with Crippen LogP contribution in [-0.4, -0.2) is 22.2 Å². The molecule has 6 heteroatoms. The van der Waals surface area contributed by atoms with E-state index in [1.54, 1.807) is 42.5 Å². The number of phenolic OH excluding ortho intramolecular Hbond substituents is 1. The Hall–Kier alpha value is -2.79. The normalized spacial score (nSPS) is 11.7. The van der Waals surface area contributed by atoms with Gasteiger partial charge in [-0.2, -0.15) is 0 Å². The summed E-state index contributed by atoms with van der Waals surface area (Å²) in [5.74, 6) is 0.645. The molecule has 0 saturated heterocycles. The summed E-state index contributed by atoms with van der Waals surface area (Å²) in [5.41, 5.74) is 0.967. The molecule has 116 valence electrons. The van der Waals surface area contributed by atoms with Crippen LogP contribution in [0.1, 0.15) is 11.4 Å². The number of benzene rings is 2. The van der Waals surface area contributed by atoms with Gasteiger partial charge in [0.2, 0.25) is 0 Å². The highest BCUT2D eigenvalue weighted by Crippen LogP contribution is 2.28. The van der Waals surface area contributed by atoms with E-state index >= 15 is 0 Å². The summed E-state index contributed by atoms with van der Waals surface area (Å²) in [6.45, 7) is 0. The van der Waals surface area contributed by atoms with Crippen molar-refractivity contribution in [2.45, 2.75) is 0 Å². The maximum atomic E-state index is 12.1. The van der Waals surface area contributed by atoms with Crippen LogP contribution >= 0.6 is 11.6 Å². The van der Waals surface area contributed by atoms with Gasteiger partial charge in [0.25, 0.3) is 5.56 Å². The van der Waals surface area contributed by atoms with Crippen molar-refractivity contribution < 1.29 is 9.84 Å². The minimum Gasteiger partial charge on any atom is -0.504 e. The number of hydrogen-bond acceptors (Lipinski definition) is 4. The summed E-state index contributed by atoms with van der Waals surface area (Å²) < 4.78 is 4.99. The van der Waals surface area contributed by atoms with E-state index in [0.29, 0.717) is 22.2 Å². The molecule has 1 heterocycles. The molecule has 0 fully saturated rings. The van der Waals surface area contributed by atoms with Gasteiger partial charge in [-0.05, 0) is 35.9 Å². The molecule has 0 aliphatic carbocycles. The Labute approximate surface area is 136 Å². The molecule has 2 N–H and O–H groups in total. The Kier molecular flexibility index (Phi) is 4.04. The zero-order valence-corrected chi connectivity index (χ0v) is 13.0. The van der Waals surface area contributed by atoms with E-state index in [9.17, 15) is 9.90 Å². The molecule has 0 radical (unpaired) electrons. The van der Waals surface area contributed by atoms with E-state index in [0.717, 1.165) is 0 Å². The Morgan fingerprint density at radius 1 is 1.30 bits per heavy atom. The monoisotopic (exact) mass is 328 g/mol. The summed E-state index contributed by atoms with van der Waals surface area (Å²) in [4.78, 5) is 19.1. The number of halogens is 1. The second-order valence-electron chi connectivity index (χ2n) is 4.86. The Morgan fingerprint density at radius 3 is 2.83 bits per heavy atom. The number of H-pyrrole nitrogens is 1. The highest BCUT2D eigenvalue weighted by molar-refractivity contribution is 6.50. The van der Waals surface area contributed by atoms with Crippen LogP contribution < -0.4 is 10.3 Å². The van der Waals surface area contributed by atoms with Crippen molar-refractivity contribution in [3.8, 4) is 11.5 Å². The topological polar surface area (TPSA) is 75.2 Å². The van der Waals surface area contributed by atoms with Gasteiger partial charge in [-0.25, -0.2) is 4.98 Å². The molecule has 0 amide bonds. The number of rotatable bonds is 3. The average molecular weight is 329 g/mol. The molecule has 1 aromatic heterocycles. The van der Waals surface area contributed by atoms with Crippen molar-refractivity contribution in [3.63, 3.8) is 0 Å². The van der Waals surface area contributed by atoms with Gasteiger partial charge in [0.1, 0.15) is 0 Å². The zero-order chi connectivity index (χ0) is 16.4. The van der Waals surface area contributed by atoms with Crippen LogP contribution in [0.5, 0.6) is 11.5 Å². The number of phenols is 1. The van der Waals surface area contributed by atoms with E-state index < -0.39 is 0 Å². The number of ether oxygens (including phenoxy) is 1. The SMILES string of the molecule is COc1ccc(C=C(Cl)c2nc3ccccc3c(=O)[nH]2)cc1O. The minimum absolute atomic E-state index is 0.00526. The Morgan fingerprint density at radius 2 is 2.09 bits per heavy atom. The van der Waals surface area contributed by atoms with Gasteiger partial charge in [-0.1, -0.05) is 29.8 Å². The van der Waals surface area contributed by atoms with Crippen LogP contribution in [0.4, 0.5) is 0 Å². The fraction of sp³-hybridized carbons (Fsp3) is 0.0588. The predicted octanol–water partition coefficient (Wildman–Crippen LogP) is 3.37. The number of methoxy groups -OCH3 is 1. The summed E-state index contributed by atoms with van der Waals surface area (Å²) in [6, 6.07) is 11.9. The first kappa shape index (κ1) is 15.1. The van der Waals surface area contributed by atoms with Crippen LogP contribution in [0.15, 0.2) is 47.3 Å². The van der Waals surface area contributed by atoms with Crippen molar-refractivity contribution in [1.29, 1.82) is 0 Å². The van der Waals surface area contributed by atoms with Crippen LogP contribution in [0.2, 0.25) is 0 Å². The third-order valence-corrected chi connectivity index (χ3v) is 3.62. The number of nitrogens with zero attached hydrogens (tertiary/aromatic N) is 1. The van der Waals surface area contributed by atoms with Crippen molar-refractivity contribution in [1.82, 2.24) is 9.97 Å². The summed E-state index contributed by atoms with van der Waals surface area (Å²) in [6.07, 6.45) is 1.60. The van der Waals surface area contributed by atoms with Crippen molar-refractivity contribution in [2.75, 3.05) is 7.11 Å². The number of fused-ring (bicyclic) bond motifs is 1. The third-order valence-electron chi connectivity index (χ3n) is 3.34. The number of aromatic nitrogens is 2. The van der Waals surface area contributed by atoms with Gasteiger partial charge in [0, 0.05) is 0 Å². The molecular weight excluding hydrogens is 316 g/mol. The fourth-order valence-electron chi connectivity index (χ4n) is 2.21. The quantitative estimate of drug-likeness (QED) is 0.773. The van der Waals surface area contributed by atoms with Crippen LogP contribution in [0.3, 0.4) is 0 Å². The van der Waals surface area contributed by atoms with Gasteiger partial charge in [-0.15, -0.1) is 0 Å². The van der Waals surface area contributed by atoms with E-state index in [1.807, 2.05) is 0 Å². The highest BCUT2D eigenvalue weighted by Gasteiger charge is 2.07. The molecule has 23 heavy (non-hydrogen) atoms. The molecule has 0 bridgehead atoms. The van der Waals surface area contributed by atoms with E-state index in [1.165, 1.54) is 13.2 Å². The Balaban J connectivity index is 2.04. The molecule has 0 spiro atoms. The van der Waals surface area contributed by atoms with Gasteiger partial charge >= 0.3 is 0 Å². The third kappa shape index (κ3) is 3.05. The second-order valence-corrected chi connectivity index (χ2v) is 5.26. The number of nitrogens with one attached hydrogen (secondary N) is 1. The Bertz CT molecular complexity index is 963. The maximum Gasteiger partial charge on any atom is 0.259 e. The van der Waals surface area contributed by atoms with E-state index in [2.05, 4.69) is 9.97 Å². The van der Waals surface area contributed by atoms with Gasteiger partial charge in [0.05, 0.1) is 23.0 Å². The molecular formula is C17H13ClN2O3. The lowest BCUT2D eigenvalue weighted by molar-refractivity contribution is 0.373. The first-order valence-electron chi connectivity index (χ1n) is 6.82. The molecule has 0 atom stereocenters. The lowest BCUT2D eigenvalue weighted by Gasteiger charge is -2.05. The first-order valence-corrected chi connectivity index (χ1v) is 7.20. The summed E-state index contributed by atoms with van der Waals surface area (Å²) in [7, 11) is 1.47. The molecule has 0 unspecified atom stereocenters. The van der Waals surface area contributed by atoms with Gasteiger partial charge in [0.15, 0.2) is 17.3 Å². The van der Waals surface area contributed by atoms with Crippen LogP contribution in [0.25, 0.3) is 22.0 Å². The number of aromatic amines is 1. The van der Waals surface area contributed by atoms with Crippen LogP contribution in [0, 0.1) is 0 Å². The second kappa shape index (κ2) is 6.14. The lowest BCUT2D eigenvalue weighted by atomic mass is 10.2. The summed E-state index contributed by atoms with van der Waals surface area (Å²) >= 11 is 6.25. The van der Waals surface area contributed by atoms with Crippen molar-refractivity contribution >= 4 is 33.6 Å². The van der Waals surface area contributed by atoms with Crippen molar-refractivity contribution in [3.05, 3.63) is 64.2 Å². The predicted molar refractivity (Wildman–Crippen MR) is 90.7 cm³/mol. The fourth-order valence-corrected chi connectivity index (χ4v) is 2.43. The van der Waals surface area contributed by atoms with Gasteiger partial charge < -0.3 is 14.8 Å². The molecule has 2 aromatic carbocycles. The molecule has 0 saturated carbocycles.